The number of thioether (sulfide) groups is 1. The Morgan fingerprint density at radius 2 is 2.31 bits per heavy atom. The lowest BCUT2D eigenvalue weighted by molar-refractivity contribution is 0.906. The normalized spacial score (nSPS) is 9.19. The SMILES string of the molecule is C#CCCCNc1cccc(SC)c1C#N. The van der Waals surface area contributed by atoms with Crippen LogP contribution >= 0.6 is 11.8 Å². The number of nitrogens with one attached hydrogen (secondary N) is 1. The van der Waals surface area contributed by atoms with Gasteiger partial charge in [-0.25, -0.2) is 0 Å². The van der Waals surface area contributed by atoms with Crippen molar-refractivity contribution in [3.05, 3.63) is 23.8 Å². The van der Waals surface area contributed by atoms with E-state index in [9.17, 15) is 0 Å². The fourth-order valence-electron chi connectivity index (χ4n) is 1.38. The highest BCUT2D eigenvalue weighted by Crippen LogP contribution is 2.26. The Bertz CT molecular complexity index is 427. The van der Waals surface area contributed by atoms with E-state index in [2.05, 4.69) is 17.3 Å². The summed E-state index contributed by atoms with van der Waals surface area (Å²) in [6, 6.07) is 8.07. The van der Waals surface area contributed by atoms with Gasteiger partial charge in [0.2, 0.25) is 0 Å². The van der Waals surface area contributed by atoms with E-state index in [1.807, 2.05) is 24.5 Å². The van der Waals surface area contributed by atoms with Gasteiger partial charge < -0.3 is 5.32 Å². The molecule has 0 fully saturated rings. The Labute approximate surface area is 101 Å². The zero-order valence-electron chi connectivity index (χ0n) is 9.29. The summed E-state index contributed by atoms with van der Waals surface area (Å²) in [6.07, 6.45) is 8.83. The Hall–Kier alpha value is -1.58. The molecule has 2 nitrogen and oxygen atoms in total. The summed E-state index contributed by atoms with van der Waals surface area (Å²) in [5, 5.41) is 12.3. The number of hydrogen-bond donors (Lipinski definition) is 1. The van der Waals surface area contributed by atoms with Crippen LogP contribution in [0.15, 0.2) is 23.1 Å². The Morgan fingerprint density at radius 3 is 2.94 bits per heavy atom. The van der Waals surface area contributed by atoms with Gasteiger partial charge in [0, 0.05) is 17.9 Å². The van der Waals surface area contributed by atoms with Crippen molar-refractivity contribution in [3.8, 4) is 18.4 Å². The second-order valence-corrected chi connectivity index (χ2v) is 4.08. The molecule has 0 aliphatic heterocycles. The Morgan fingerprint density at radius 1 is 1.50 bits per heavy atom. The van der Waals surface area contributed by atoms with Gasteiger partial charge >= 0.3 is 0 Å². The van der Waals surface area contributed by atoms with Crippen LogP contribution in [-0.4, -0.2) is 12.8 Å². The topological polar surface area (TPSA) is 35.8 Å². The van der Waals surface area contributed by atoms with Gasteiger partial charge in [-0.05, 0) is 24.8 Å². The van der Waals surface area contributed by atoms with Crippen LogP contribution in [0.5, 0.6) is 0 Å². The quantitative estimate of drug-likeness (QED) is 0.479. The van der Waals surface area contributed by atoms with Crippen LogP contribution in [0.4, 0.5) is 5.69 Å². The third-order valence-electron chi connectivity index (χ3n) is 2.17. The average Bonchev–Trinajstić information content (AvgIpc) is 2.34. The van der Waals surface area contributed by atoms with Gasteiger partial charge in [0.05, 0.1) is 11.3 Å². The number of rotatable bonds is 5. The van der Waals surface area contributed by atoms with E-state index in [0.29, 0.717) is 0 Å². The minimum atomic E-state index is 0.718. The van der Waals surface area contributed by atoms with Crippen LogP contribution in [0.25, 0.3) is 0 Å². The highest BCUT2D eigenvalue weighted by atomic mass is 32.2. The van der Waals surface area contributed by atoms with Crippen molar-refractivity contribution in [2.75, 3.05) is 18.1 Å². The van der Waals surface area contributed by atoms with Crippen molar-refractivity contribution in [1.82, 2.24) is 0 Å². The summed E-state index contributed by atoms with van der Waals surface area (Å²) in [7, 11) is 0. The molecular formula is C13H14N2S. The number of benzene rings is 1. The molecule has 0 heterocycles. The lowest BCUT2D eigenvalue weighted by Gasteiger charge is -2.09. The number of unbranched alkanes of at least 4 members (excludes halogenated alkanes) is 1. The van der Waals surface area contributed by atoms with Crippen molar-refractivity contribution < 1.29 is 0 Å². The van der Waals surface area contributed by atoms with Gasteiger partial charge in [-0.1, -0.05) is 6.07 Å². The van der Waals surface area contributed by atoms with E-state index in [1.54, 1.807) is 11.8 Å². The van der Waals surface area contributed by atoms with E-state index in [4.69, 9.17) is 11.7 Å². The van der Waals surface area contributed by atoms with Gasteiger partial charge in [-0.3, -0.25) is 0 Å². The molecule has 0 radical (unpaired) electrons. The molecule has 0 saturated carbocycles. The van der Waals surface area contributed by atoms with Gasteiger partial charge in [0.25, 0.3) is 0 Å². The molecule has 0 aromatic heterocycles. The predicted octanol–water partition coefficient (Wildman–Crippen LogP) is 3.11. The number of hydrogen-bond acceptors (Lipinski definition) is 3. The van der Waals surface area contributed by atoms with Crippen molar-refractivity contribution >= 4 is 17.4 Å². The van der Waals surface area contributed by atoms with Crippen LogP contribution in [0, 0.1) is 23.7 Å². The van der Waals surface area contributed by atoms with Gasteiger partial charge in [0.15, 0.2) is 0 Å². The summed E-state index contributed by atoms with van der Waals surface area (Å²) in [5.74, 6) is 2.60. The molecule has 0 aliphatic carbocycles. The second-order valence-electron chi connectivity index (χ2n) is 3.23. The van der Waals surface area contributed by atoms with E-state index in [-0.39, 0.29) is 0 Å². The first-order chi connectivity index (χ1) is 7.83. The lowest BCUT2D eigenvalue weighted by Crippen LogP contribution is -2.03. The largest absolute Gasteiger partial charge is 0.384 e. The summed E-state index contributed by atoms with van der Waals surface area (Å²) in [5.41, 5.74) is 1.61. The monoisotopic (exact) mass is 230 g/mol. The predicted molar refractivity (Wildman–Crippen MR) is 69.5 cm³/mol. The van der Waals surface area contributed by atoms with Crippen molar-refractivity contribution in [1.29, 1.82) is 5.26 Å². The second kappa shape index (κ2) is 6.82. The van der Waals surface area contributed by atoms with E-state index in [1.165, 1.54) is 0 Å². The number of nitrogens with zero attached hydrogens (tertiary/aromatic N) is 1. The fraction of sp³-hybridized carbons (Fsp3) is 0.308. The third kappa shape index (κ3) is 3.22. The third-order valence-corrected chi connectivity index (χ3v) is 2.95. The molecule has 0 unspecified atom stereocenters. The Kier molecular flexibility index (Phi) is 5.32. The average molecular weight is 230 g/mol. The van der Waals surface area contributed by atoms with Crippen LogP contribution in [-0.2, 0) is 0 Å². The zero-order chi connectivity index (χ0) is 11.8. The smallest absolute Gasteiger partial charge is 0.102 e. The first-order valence-electron chi connectivity index (χ1n) is 5.08. The summed E-state index contributed by atoms with van der Waals surface area (Å²) in [6.45, 7) is 0.802. The van der Waals surface area contributed by atoms with E-state index in [0.717, 1.165) is 35.5 Å². The molecule has 1 aromatic rings. The van der Waals surface area contributed by atoms with Crippen molar-refractivity contribution in [3.63, 3.8) is 0 Å². The zero-order valence-corrected chi connectivity index (χ0v) is 10.1. The molecule has 3 heteroatoms. The molecule has 82 valence electrons. The minimum Gasteiger partial charge on any atom is -0.384 e. The minimum absolute atomic E-state index is 0.718. The standard InChI is InChI=1S/C13H14N2S/c1-3-4-5-9-15-12-7-6-8-13(16-2)11(12)10-14/h1,6-8,15H,4-5,9H2,2H3. The van der Waals surface area contributed by atoms with E-state index >= 15 is 0 Å². The number of terminal acetylenes is 1. The fourth-order valence-corrected chi connectivity index (χ4v) is 1.95. The molecule has 0 saturated heterocycles. The lowest BCUT2D eigenvalue weighted by atomic mass is 10.2. The molecule has 0 bridgehead atoms. The molecule has 1 N–H and O–H groups in total. The van der Waals surface area contributed by atoms with Gasteiger partial charge in [0.1, 0.15) is 6.07 Å². The number of anilines is 1. The first-order valence-corrected chi connectivity index (χ1v) is 6.30. The van der Waals surface area contributed by atoms with Crippen LogP contribution < -0.4 is 5.32 Å². The number of nitriles is 1. The maximum atomic E-state index is 9.10. The van der Waals surface area contributed by atoms with Crippen LogP contribution in [0.3, 0.4) is 0 Å². The van der Waals surface area contributed by atoms with E-state index < -0.39 is 0 Å². The summed E-state index contributed by atoms with van der Waals surface area (Å²) < 4.78 is 0. The summed E-state index contributed by atoms with van der Waals surface area (Å²) >= 11 is 1.58. The molecule has 0 amide bonds. The molecule has 1 aromatic carbocycles. The first kappa shape index (κ1) is 12.5. The summed E-state index contributed by atoms with van der Waals surface area (Å²) in [4.78, 5) is 1.00. The molecule has 1 rings (SSSR count). The molecule has 0 spiro atoms. The maximum absolute atomic E-state index is 9.10. The highest BCUT2D eigenvalue weighted by molar-refractivity contribution is 7.98. The van der Waals surface area contributed by atoms with Crippen molar-refractivity contribution in [2.24, 2.45) is 0 Å². The van der Waals surface area contributed by atoms with Gasteiger partial charge in [-0.2, -0.15) is 5.26 Å². The molecule has 0 aliphatic rings. The highest BCUT2D eigenvalue weighted by Gasteiger charge is 2.05. The molecule has 0 atom stereocenters. The van der Waals surface area contributed by atoms with Crippen LogP contribution in [0.2, 0.25) is 0 Å². The van der Waals surface area contributed by atoms with Crippen LogP contribution in [0.1, 0.15) is 18.4 Å². The Balaban J connectivity index is 2.73. The molecule has 16 heavy (non-hydrogen) atoms. The molecular weight excluding hydrogens is 216 g/mol. The van der Waals surface area contributed by atoms with Gasteiger partial charge in [-0.15, -0.1) is 24.1 Å². The maximum Gasteiger partial charge on any atom is 0.102 e. The van der Waals surface area contributed by atoms with Crippen molar-refractivity contribution in [2.45, 2.75) is 17.7 Å².